The molecule has 0 aromatic heterocycles. The monoisotopic (exact) mass is 354 g/mol. The van der Waals surface area contributed by atoms with Gasteiger partial charge in [-0.15, -0.1) is 0 Å². The molecule has 24 heavy (non-hydrogen) atoms. The van der Waals surface area contributed by atoms with Gasteiger partial charge in [0.15, 0.2) is 0 Å². The van der Waals surface area contributed by atoms with E-state index >= 15 is 0 Å². The lowest BCUT2D eigenvalue weighted by atomic mass is 10.1. The molecule has 0 aliphatic heterocycles. The number of hydrogen-bond acceptors (Lipinski definition) is 8. The molecular formula is C16H38N2O6. The molecule has 0 aromatic carbocycles. The van der Waals surface area contributed by atoms with Crippen molar-refractivity contribution >= 4 is 0 Å². The van der Waals surface area contributed by atoms with Gasteiger partial charge in [-0.25, -0.2) is 0 Å². The molecule has 0 aromatic rings. The Morgan fingerprint density at radius 1 is 0.917 bits per heavy atom. The van der Waals surface area contributed by atoms with Crippen LogP contribution in [0.15, 0.2) is 0 Å². The van der Waals surface area contributed by atoms with Crippen LogP contribution in [0.3, 0.4) is 0 Å². The average Bonchev–Trinajstić information content (AvgIpc) is 2.62. The van der Waals surface area contributed by atoms with Gasteiger partial charge in [-0.2, -0.15) is 0 Å². The summed E-state index contributed by atoms with van der Waals surface area (Å²) in [5.41, 5.74) is 0. The van der Waals surface area contributed by atoms with E-state index in [1.807, 2.05) is 6.92 Å². The zero-order valence-corrected chi connectivity index (χ0v) is 15.4. The minimum absolute atomic E-state index is 0.0153. The first kappa shape index (κ1) is 25.9. The normalized spacial score (nSPS) is 14.6. The Balaban J connectivity index is 0. The molecule has 0 fully saturated rings. The summed E-state index contributed by atoms with van der Waals surface area (Å²) in [6.45, 7) is 4.09. The average molecular weight is 354 g/mol. The lowest BCUT2D eigenvalue weighted by Crippen LogP contribution is -2.44. The van der Waals surface area contributed by atoms with Crippen LogP contribution < -0.4 is 10.6 Å². The van der Waals surface area contributed by atoms with Gasteiger partial charge in [0.25, 0.3) is 0 Å². The molecule has 0 saturated carbocycles. The number of ether oxygens (including phenoxy) is 2. The van der Waals surface area contributed by atoms with Gasteiger partial charge in [0.1, 0.15) is 0 Å². The lowest BCUT2D eigenvalue weighted by molar-refractivity contribution is 0.0417. The van der Waals surface area contributed by atoms with Crippen LogP contribution in [0.1, 0.15) is 26.2 Å². The number of aliphatic hydroxyl groups is 4. The van der Waals surface area contributed by atoms with Crippen LogP contribution in [-0.2, 0) is 9.47 Å². The van der Waals surface area contributed by atoms with Crippen LogP contribution in [0.25, 0.3) is 0 Å². The Morgan fingerprint density at radius 3 is 1.96 bits per heavy atom. The van der Waals surface area contributed by atoms with Crippen molar-refractivity contribution in [2.24, 2.45) is 0 Å². The predicted octanol–water partition coefficient (Wildman–Crippen LogP) is -1.29. The van der Waals surface area contributed by atoms with E-state index in [0.29, 0.717) is 13.1 Å². The SMILES string of the molecule is CCC(OC)C(CO)NCCO.COCCCC(CO)NCCO. The summed E-state index contributed by atoms with van der Waals surface area (Å²) in [5.74, 6) is 0. The zero-order chi connectivity index (χ0) is 18.6. The number of nitrogens with one attached hydrogen (secondary N) is 2. The highest BCUT2D eigenvalue weighted by Crippen LogP contribution is 2.02. The van der Waals surface area contributed by atoms with Gasteiger partial charge < -0.3 is 40.5 Å². The summed E-state index contributed by atoms with van der Waals surface area (Å²) >= 11 is 0. The van der Waals surface area contributed by atoms with E-state index in [1.54, 1.807) is 14.2 Å². The molecule has 0 saturated heterocycles. The van der Waals surface area contributed by atoms with Gasteiger partial charge in [0.2, 0.25) is 0 Å². The van der Waals surface area contributed by atoms with Gasteiger partial charge >= 0.3 is 0 Å². The lowest BCUT2D eigenvalue weighted by Gasteiger charge is -2.23. The quantitative estimate of drug-likeness (QED) is 0.201. The molecule has 0 rings (SSSR count). The Bertz CT molecular complexity index is 233. The Labute approximate surface area is 146 Å². The third kappa shape index (κ3) is 15.2. The van der Waals surface area contributed by atoms with E-state index < -0.39 is 0 Å². The highest BCUT2D eigenvalue weighted by molar-refractivity contribution is 4.74. The second-order valence-corrected chi connectivity index (χ2v) is 5.34. The predicted molar refractivity (Wildman–Crippen MR) is 94.1 cm³/mol. The molecule has 0 aliphatic carbocycles. The summed E-state index contributed by atoms with van der Waals surface area (Å²) in [4.78, 5) is 0. The minimum Gasteiger partial charge on any atom is -0.395 e. The molecule has 3 unspecified atom stereocenters. The first-order chi connectivity index (χ1) is 11.6. The highest BCUT2D eigenvalue weighted by Gasteiger charge is 2.17. The molecule has 148 valence electrons. The maximum absolute atomic E-state index is 8.96. The van der Waals surface area contributed by atoms with Crippen molar-refractivity contribution in [1.82, 2.24) is 10.6 Å². The fraction of sp³-hybridized carbons (Fsp3) is 1.00. The van der Waals surface area contributed by atoms with Gasteiger partial charge in [-0.3, -0.25) is 0 Å². The second kappa shape index (κ2) is 20.7. The van der Waals surface area contributed by atoms with Gasteiger partial charge in [-0.1, -0.05) is 6.92 Å². The van der Waals surface area contributed by atoms with Crippen molar-refractivity contribution in [3.63, 3.8) is 0 Å². The number of rotatable bonds is 15. The van der Waals surface area contributed by atoms with Crippen molar-refractivity contribution < 1.29 is 29.9 Å². The van der Waals surface area contributed by atoms with E-state index in [1.165, 1.54) is 0 Å². The van der Waals surface area contributed by atoms with Crippen LogP contribution in [0.5, 0.6) is 0 Å². The van der Waals surface area contributed by atoms with Crippen LogP contribution in [0.2, 0.25) is 0 Å². The van der Waals surface area contributed by atoms with Crippen molar-refractivity contribution in [3.05, 3.63) is 0 Å². The first-order valence-corrected chi connectivity index (χ1v) is 8.56. The van der Waals surface area contributed by atoms with Crippen molar-refractivity contribution in [3.8, 4) is 0 Å². The Kier molecular flexibility index (Phi) is 22.4. The third-order valence-electron chi connectivity index (χ3n) is 3.54. The largest absolute Gasteiger partial charge is 0.395 e. The van der Waals surface area contributed by atoms with Gasteiger partial charge in [-0.05, 0) is 19.3 Å². The van der Waals surface area contributed by atoms with E-state index in [9.17, 15) is 0 Å². The molecule has 0 spiro atoms. The highest BCUT2D eigenvalue weighted by atomic mass is 16.5. The van der Waals surface area contributed by atoms with Crippen LogP contribution in [-0.4, -0.2) is 99.0 Å². The summed E-state index contributed by atoms with van der Waals surface area (Å²) in [7, 11) is 3.28. The van der Waals surface area contributed by atoms with Crippen LogP contribution in [0.4, 0.5) is 0 Å². The van der Waals surface area contributed by atoms with Crippen molar-refractivity contribution in [1.29, 1.82) is 0 Å². The standard InChI is InChI=1S/2C8H19NO3/c1-12-6-2-3-8(7-11)9-4-5-10;1-3-8(12-2)7(6-11)9-4-5-10/h8-11H,2-7H2,1H3;7-11H,3-6H2,1-2H3. The molecule has 6 N–H and O–H groups in total. The summed E-state index contributed by atoms with van der Waals surface area (Å²) in [6.07, 6.45) is 2.67. The smallest absolute Gasteiger partial charge is 0.0744 e. The fourth-order valence-electron chi connectivity index (χ4n) is 2.18. The Morgan fingerprint density at radius 2 is 1.54 bits per heavy atom. The molecule has 0 heterocycles. The number of aliphatic hydroxyl groups excluding tert-OH is 4. The molecule has 3 atom stereocenters. The molecule has 0 radical (unpaired) electrons. The minimum atomic E-state index is -0.0767. The molecule has 8 heteroatoms. The topological polar surface area (TPSA) is 123 Å². The summed E-state index contributed by atoms with van der Waals surface area (Å²) < 4.78 is 10.0. The van der Waals surface area contributed by atoms with Crippen molar-refractivity contribution in [2.75, 3.05) is 60.3 Å². The fourth-order valence-corrected chi connectivity index (χ4v) is 2.18. The van der Waals surface area contributed by atoms with Gasteiger partial charge in [0.05, 0.1) is 38.6 Å². The van der Waals surface area contributed by atoms with E-state index in [0.717, 1.165) is 25.9 Å². The van der Waals surface area contributed by atoms with E-state index in [-0.39, 0.29) is 44.6 Å². The van der Waals surface area contributed by atoms with E-state index in [2.05, 4.69) is 10.6 Å². The van der Waals surface area contributed by atoms with E-state index in [4.69, 9.17) is 29.9 Å². The molecule has 8 nitrogen and oxygen atoms in total. The van der Waals surface area contributed by atoms with Gasteiger partial charge in [0, 0.05) is 40.0 Å². The van der Waals surface area contributed by atoms with Crippen LogP contribution in [0, 0.1) is 0 Å². The first-order valence-electron chi connectivity index (χ1n) is 8.56. The zero-order valence-electron chi connectivity index (χ0n) is 15.4. The van der Waals surface area contributed by atoms with Crippen molar-refractivity contribution in [2.45, 2.75) is 44.4 Å². The Hall–Kier alpha value is -0.320. The summed E-state index contributed by atoms with van der Waals surface area (Å²) in [6, 6.07) is 0.0134. The number of hydrogen-bond donors (Lipinski definition) is 6. The molecular weight excluding hydrogens is 316 g/mol. The van der Waals surface area contributed by atoms with Crippen LogP contribution >= 0.6 is 0 Å². The second-order valence-electron chi connectivity index (χ2n) is 5.34. The number of methoxy groups -OCH3 is 2. The molecule has 0 amide bonds. The molecule has 0 bridgehead atoms. The maximum Gasteiger partial charge on any atom is 0.0744 e. The molecule has 0 aliphatic rings. The maximum atomic E-state index is 8.96. The third-order valence-corrected chi connectivity index (χ3v) is 3.54. The summed E-state index contributed by atoms with van der Waals surface area (Å²) in [5, 5.41) is 40.9.